The van der Waals surface area contributed by atoms with Crippen LogP contribution in [0.15, 0.2) is 23.3 Å². The Morgan fingerprint density at radius 1 is 1.32 bits per heavy atom. The molecule has 2 aliphatic rings. The van der Waals surface area contributed by atoms with Gasteiger partial charge in [-0.1, -0.05) is 0 Å². The fourth-order valence-electron chi connectivity index (χ4n) is 3.64. The molecule has 1 amide bonds. The first kappa shape index (κ1) is 20.2. The zero-order valence-electron chi connectivity index (χ0n) is 16.6. The van der Waals surface area contributed by atoms with Crippen molar-refractivity contribution in [2.75, 3.05) is 19.7 Å². The molecule has 0 bridgehead atoms. The standard InChI is InChI=1S/C20H31N5O3/c1-2-27-20(26)25-11-8-16(9-12-25)24-19(21)23-14-15-7-10-22-18(13-15)28-17-5-3-4-6-17/h7,10,13,16-17H,2-6,8-9,11-12,14H2,1H3,(H3,21,23,24). The number of rotatable bonds is 6. The lowest BCUT2D eigenvalue weighted by Crippen LogP contribution is -2.48. The van der Waals surface area contributed by atoms with Gasteiger partial charge in [-0.05, 0) is 57.1 Å². The van der Waals surface area contributed by atoms with E-state index in [1.54, 1.807) is 11.1 Å². The number of guanidine groups is 1. The molecule has 1 aliphatic carbocycles. The van der Waals surface area contributed by atoms with Crippen molar-refractivity contribution in [3.63, 3.8) is 0 Å². The van der Waals surface area contributed by atoms with Crippen LogP contribution in [-0.4, -0.2) is 53.8 Å². The average molecular weight is 390 g/mol. The van der Waals surface area contributed by atoms with E-state index in [1.807, 2.05) is 19.1 Å². The van der Waals surface area contributed by atoms with E-state index < -0.39 is 0 Å². The SMILES string of the molecule is CCOC(=O)N1CCC(NC(N)=NCc2ccnc(OC3CCCC3)c2)CC1. The highest BCUT2D eigenvalue weighted by Crippen LogP contribution is 2.23. The van der Waals surface area contributed by atoms with E-state index in [0.717, 1.165) is 31.2 Å². The van der Waals surface area contributed by atoms with E-state index in [-0.39, 0.29) is 12.1 Å². The van der Waals surface area contributed by atoms with Crippen LogP contribution in [0.2, 0.25) is 0 Å². The monoisotopic (exact) mass is 389 g/mol. The highest BCUT2D eigenvalue weighted by Gasteiger charge is 2.23. The first-order valence-electron chi connectivity index (χ1n) is 10.2. The Kier molecular flexibility index (Phi) is 7.33. The molecule has 0 spiro atoms. The molecule has 1 aromatic heterocycles. The largest absolute Gasteiger partial charge is 0.474 e. The first-order chi connectivity index (χ1) is 13.6. The predicted octanol–water partition coefficient (Wildman–Crippen LogP) is 2.43. The number of aliphatic imine (C=N–C) groups is 1. The number of piperidine rings is 1. The summed E-state index contributed by atoms with van der Waals surface area (Å²) >= 11 is 0. The Bertz CT molecular complexity index is 668. The zero-order valence-corrected chi connectivity index (χ0v) is 16.6. The van der Waals surface area contributed by atoms with Gasteiger partial charge in [-0.15, -0.1) is 0 Å². The van der Waals surface area contributed by atoms with Gasteiger partial charge >= 0.3 is 6.09 Å². The molecule has 1 saturated carbocycles. The van der Waals surface area contributed by atoms with Gasteiger partial charge in [-0.3, -0.25) is 0 Å². The zero-order chi connectivity index (χ0) is 19.8. The highest BCUT2D eigenvalue weighted by atomic mass is 16.6. The van der Waals surface area contributed by atoms with Crippen LogP contribution in [0.1, 0.15) is 51.0 Å². The van der Waals surface area contributed by atoms with E-state index in [0.29, 0.717) is 44.2 Å². The third-order valence-corrected chi connectivity index (χ3v) is 5.19. The van der Waals surface area contributed by atoms with Crippen molar-refractivity contribution >= 4 is 12.1 Å². The van der Waals surface area contributed by atoms with Crippen molar-refractivity contribution in [3.8, 4) is 5.88 Å². The first-order valence-corrected chi connectivity index (χ1v) is 10.2. The number of nitrogens with zero attached hydrogens (tertiary/aromatic N) is 3. The lowest BCUT2D eigenvalue weighted by atomic mass is 10.1. The number of amides is 1. The summed E-state index contributed by atoms with van der Waals surface area (Å²) in [6.45, 7) is 4.02. The second kappa shape index (κ2) is 10.1. The van der Waals surface area contributed by atoms with Gasteiger partial charge in [0.15, 0.2) is 5.96 Å². The summed E-state index contributed by atoms with van der Waals surface area (Å²) in [5.41, 5.74) is 7.07. The van der Waals surface area contributed by atoms with E-state index in [2.05, 4.69) is 15.3 Å². The predicted molar refractivity (Wildman–Crippen MR) is 107 cm³/mol. The van der Waals surface area contributed by atoms with Gasteiger partial charge < -0.3 is 25.4 Å². The number of nitrogens with one attached hydrogen (secondary N) is 1. The fourth-order valence-corrected chi connectivity index (χ4v) is 3.64. The summed E-state index contributed by atoms with van der Waals surface area (Å²) in [4.78, 5) is 22.2. The molecule has 3 rings (SSSR count). The molecule has 1 aliphatic heterocycles. The number of carbonyl (C=O) groups is 1. The Morgan fingerprint density at radius 3 is 2.79 bits per heavy atom. The number of hydrogen-bond acceptors (Lipinski definition) is 5. The summed E-state index contributed by atoms with van der Waals surface area (Å²) in [5, 5.41) is 3.26. The number of likely N-dealkylation sites (tertiary alicyclic amines) is 1. The van der Waals surface area contributed by atoms with Gasteiger partial charge in [0.05, 0.1) is 13.2 Å². The molecule has 28 heavy (non-hydrogen) atoms. The smallest absolute Gasteiger partial charge is 0.409 e. The van der Waals surface area contributed by atoms with Crippen LogP contribution in [0.4, 0.5) is 4.79 Å². The van der Waals surface area contributed by atoms with Crippen LogP contribution in [0.5, 0.6) is 5.88 Å². The number of hydrogen-bond donors (Lipinski definition) is 2. The lowest BCUT2D eigenvalue weighted by Gasteiger charge is -2.31. The third kappa shape index (κ3) is 6.00. The Morgan fingerprint density at radius 2 is 2.07 bits per heavy atom. The van der Waals surface area contributed by atoms with E-state index >= 15 is 0 Å². The molecule has 0 atom stereocenters. The fraction of sp³-hybridized carbons (Fsp3) is 0.650. The van der Waals surface area contributed by atoms with E-state index in [9.17, 15) is 4.79 Å². The second-order valence-electron chi connectivity index (χ2n) is 7.33. The van der Waals surface area contributed by atoms with Crippen molar-refractivity contribution in [1.29, 1.82) is 0 Å². The Balaban J connectivity index is 1.44. The second-order valence-corrected chi connectivity index (χ2v) is 7.33. The molecule has 3 N–H and O–H groups in total. The maximum atomic E-state index is 11.7. The van der Waals surface area contributed by atoms with E-state index in [1.165, 1.54) is 12.8 Å². The van der Waals surface area contributed by atoms with Crippen LogP contribution in [-0.2, 0) is 11.3 Å². The van der Waals surface area contributed by atoms with Gasteiger partial charge in [-0.2, -0.15) is 0 Å². The van der Waals surface area contributed by atoms with Gasteiger partial charge in [-0.25, -0.2) is 14.8 Å². The molecule has 1 saturated heterocycles. The van der Waals surface area contributed by atoms with Crippen LogP contribution in [0.3, 0.4) is 0 Å². The van der Waals surface area contributed by atoms with Crippen LogP contribution < -0.4 is 15.8 Å². The molecule has 2 heterocycles. The maximum absolute atomic E-state index is 11.7. The summed E-state index contributed by atoms with van der Waals surface area (Å²) in [7, 11) is 0. The van der Waals surface area contributed by atoms with E-state index in [4.69, 9.17) is 15.2 Å². The Hall–Kier alpha value is -2.51. The van der Waals surface area contributed by atoms with Gasteiger partial charge in [0.1, 0.15) is 6.10 Å². The lowest BCUT2D eigenvalue weighted by molar-refractivity contribution is 0.0963. The Labute approximate surface area is 166 Å². The third-order valence-electron chi connectivity index (χ3n) is 5.19. The number of pyridine rings is 1. The highest BCUT2D eigenvalue weighted by molar-refractivity contribution is 5.78. The number of ether oxygens (including phenoxy) is 2. The minimum Gasteiger partial charge on any atom is -0.474 e. The maximum Gasteiger partial charge on any atom is 0.409 e. The molecule has 8 nitrogen and oxygen atoms in total. The van der Waals surface area contributed by atoms with Crippen molar-refractivity contribution < 1.29 is 14.3 Å². The normalized spacial score (nSPS) is 18.9. The molecule has 0 radical (unpaired) electrons. The molecule has 1 aromatic rings. The molecular formula is C20H31N5O3. The van der Waals surface area contributed by atoms with Crippen molar-refractivity contribution in [2.24, 2.45) is 10.7 Å². The molecule has 8 heteroatoms. The number of nitrogens with two attached hydrogens (primary N) is 1. The van der Waals surface area contributed by atoms with Crippen molar-refractivity contribution in [1.82, 2.24) is 15.2 Å². The summed E-state index contributed by atoms with van der Waals surface area (Å²) < 4.78 is 11.0. The molecule has 0 unspecified atom stereocenters. The van der Waals surface area contributed by atoms with Crippen molar-refractivity contribution in [3.05, 3.63) is 23.9 Å². The van der Waals surface area contributed by atoms with Crippen LogP contribution in [0.25, 0.3) is 0 Å². The topological polar surface area (TPSA) is 102 Å². The van der Waals surface area contributed by atoms with Gasteiger partial charge in [0, 0.05) is 31.4 Å². The molecule has 2 fully saturated rings. The minimum atomic E-state index is -0.240. The van der Waals surface area contributed by atoms with Crippen LogP contribution in [0, 0.1) is 0 Å². The number of carbonyl (C=O) groups excluding carboxylic acids is 1. The number of aromatic nitrogens is 1. The average Bonchev–Trinajstić information content (AvgIpc) is 3.20. The van der Waals surface area contributed by atoms with Crippen molar-refractivity contribution in [2.45, 2.75) is 64.1 Å². The summed E-state index contributed by atoms with van der Waals surface area (Å²) in [6.07, 6.45) is 8.13. The minimum absolute atomic E-state index is 0.216. The van der Waals surface area contributed by atoms with Crippen LogP contribution >= 0.6 is 0 Å². The molecule has 154 valence electrons. The van der Waals surface area contributed by atoms with Gasteiger partial charge in [0.25, 0.3) is 0 Å². The quantitative estimate of drug-likeness (QED) is 0.572. The molecular weight excluding hydrogens is 358 g/mol. The summed E-state index contributed by atoms with van der Waals surface area (Å²) in [5.74, 6) is 1.09. The molecule has 0 aromatic carbocycles. The summed E-state index contributed by atoms with van der Waals surface area (Å²) in [6, 6.07) is 4.08. The van der Waals surface area contributed by atoms with Gasteiger partial charge in [0.2, 0.25) is 5.88 Å².